The minimum absolute atomic E-state index is 0. The summed E-state index contributed by atoms with van der Waals surface area (Å²) >= 11 is 0. The minimum atomic E-state index is -4.12. The predicted molar refractivity (Wildman–Crippen MR) is 112 cm³/mol. The molecule has 154 valence electrons. The number of halogens is 4. The summed E-state index contributed by atoms with van der Waals surface area (Å²) in [6.07, 6.45) is -2.51. The Bertz CT molecular complexity index is 581. The second-order valence-electron chi connectivity index (χ2n) is 6.48. The van der Waals surface area contributed by atoms with E-state index in [1.807, 2.05) is 24.3 Å². The first kappa shape index (κ1) is 23.8. The lowest BCUT2D eigenvalue weighted by Gasteiger charge is -2.18. The lowest BCUT2D eigenvalue weighted by atomic mass is 10.1. The minimum Gasteiger partial charge on any atom is -0.497 e. The number of nitrogens with one attached hydrogen (secondary N) is 2. The highest BCUT2D eigenvalue weighted by molar-refractivity contribution is 14.0. The quantitative estimate of drug-likeness (QED) is 0.344. The molecule has 0 saturated carbocycles. The van der Waals surface area contributed by atoms with Crippen LogP contribution in [0.5, 0.6) is 5.75 Å². The number of alkyl halides is 3. The van der Waals surface area contributed by atoms with Crippen LogP contribution in [-0.2, 0) is 6.42 Å². The van der Waals surface area contributed by atoms with Gasteiger partial charge in [0.2, 0.25) is 0 Å². The third-order valence-electron chi connectivity index (χ3n) is 4.42. The van der Waals surface area contributed by atoms with Crippen molar-refractivity contribution < 1.29 is 17.9 Å². The Morgan fingerprint density at radius 1 is 1.26 bits per heavy atom. The number of likely N-dealkylation sites (tertiary alicyclic amines) is 1. The average Bonchev–Trinajstić information content (AvgIpc) is 3.04. The summed E-state index contributed by atoms with van der Waals surface area (Å²) in [5, 5.41) is 6.44. The van der Waals surface area contributed by atoms with Gasteiger partial charge in [0.15, 0.2) is 5.96 Å². The smallest absolute Gasteiger partial charge is 0.401 e. The van der Waals surface area contributed by atoms with E-state index in [9.17, 15) is 13.2 Å². The molecule has 0 radical (unpaired) electrons. The number of aliphatic imine (C=N–C) groups is 1. The van der Waals surface area contributed by atoms with Gasteiger partial charge in [0, 0.05) is 26.7 Å². The first-order valence-corrected chi connectivity index (χ1v) is 8.76. The number of ether oxygens (including phenoxy) is 1. The van der Waals surface area contributed by atoms with Gasteiger partial charge in [-0.2, -0.15) is 13.2 Å². The normalized spacial score (nSPS) is 18.1. The Labute approximate surface area is 175 Å². The van der Waals surface area contributed by atoms with E-state index in [1.165, 1.54) is 10.5 Å². The van der Waals surface area contributed by atoms with E-state index in [4.69, 9.17) is 4.74 Å². The van der Waals surface area contributed by atoms with Gasteiger partial charge in [-0.05, 0) is 43.0 Å². The third-order valence-corrected chi connectivity index (χ3v) is 4.42. The van der Waals surface area contributed by atoms with Crippen molar-refractivity contribution in [2.24, 2.45) is 10.9 Å². The first-order chi connectivity index (χ1) is 12.4. The van der Waals surface area contributed by atoms with E-state index in [0.29, 0.717) is 25.6 Å². The van der Waals surface area contributed by atoms with E-state index < -0.39 is 12.7 Å². The summed E-state index contributed by atoms with van der Waals surface area (Å²) < 4.78 is 42.4. The van der Waals surface area contributed by atoms with Crippen molar-refractivity contribution in [3.05, 3.63) is 29.8 Å². The summed E-state index contributed by atoms with van der Waals surface area (Å²) in [6.45, 7) is 1.48. The van der Waals surface area contributed by atoms with Crippen molar-refractivity contribution >= 4 is 29.9 Å². The topological polar surface area (TPSA) is 48.9 Å². The number of hydrogen-bond donors (Lipinski definition) is 2. The van der Waals surface area contributed by atoms with Crippen LogP contribution in [0.4, 0.5) is 13.2 Å². The van der Waals surface area contributed by atoms with Gasteiger partial charge in [0.05, 0.1) is 13.7 Å². The fraction of sp³-hybridized carbons (Fsp3) is 0.611. The molecule has 1 heterocycles. The molecule has 0 bridgehead atoms. The molecule has 1 unspecified atom stereocenters. The fourth-order valence-electron chi connectivity index (χ4n) is 3.06. The van der Waals surface area contributed by atoms with Crippen molar-refractivity contribution in [2.45, 2.75) is 19.0 Å². The average molecular weight is 500 g/mol. The number of hydrogen-bond acceptors (Lipinski definition) is 3. The van der Waals surface area contributed by atoms with Gasteiger partial charge < -0.3 is 15.4 Å². The molecule has 27 heavy (non-hydrogen) atoms. The molecule has 1 aliphatic heterocycles. The zero-order valence-corrected chi connectivity index (χ0v) is 18.0. The highest BCUT2D eigenvalue weighted by atomic mass is 127. The molecule has 2 N–H and O–H groups in total. The van der Waals surface area contributed by atoms with Crippen LogP contribution in [0.15, 0.2) is 29.3 Å². The van der Waals surface area contributed by atoms with Gasteiger partial charge in [-0.1, -0.05) is 12.1 Å². The van der Waals surface area contributed by atoms with Crippen LogP contribution in [0.2, 0.25) is 0 Å². The maximum Gasteiger partial charge on any atom is 0.401 e. The number of guanidine groups is 1. The molecule has 1 aliphatic rings. The van der Waals surface area contributed by atoms with Gasteiger partial charge in [-0.3, -0.25) is 9.89 Å². The van der Waals surface area contributed by atoms with Crippen molar-refractivity contribution in [3.63, 3.8) is 0 Å². The SMILES string of the molecule is CN=C(NCCc1ccc(OC)cc1)NCC1CCN(CC(F)(F)F)C1.I. The van der Waals surface area contributed by atoms with Crippen LogP contribution in [-0.4, -0.2) is 63.9 Å². The molecule has 0 aliphatic carbocycles. The fourth-order valence-corrected chi connectivity index (χ4v) is 3.06. The number of methoxy groups -OCH3 is 1. The van der Waals surface area contributed by atoms with Gasteiger partial charge >= 0.3 is 6.18 Å². The maximum absolute atomic E-state index is 12.4. The van der Waals surface area contributed by atoms with E-state index >= 15 is 0 Å². The molecule has 2 rings (SSSR count). The Kier molecular flexibility index (Phi) is 10.2. The molecular formula is C18H28F3IN4O. The third kappa shape index (κ3) is 9.00. The van der Waals surface area contributed by atoms with Crippen molar-refractivity contribution in [2.75, 3.05) is 46.9 Å². The van der Waals surface area contributed by atoms with Crippen LogP contribution < -0.4 is 15.4 Å². The molecule has 1 aromatic carbocycles. The number of nitrogens with zero attached hydrogens (tertiary/aromatic N) is 2. The zero-order chi connectivity index (χ0) is 19.0. The lowest BCUT2D eigenvalue weighted by molar-refractivity contribution is -0.143. The summed E-state index contributed by atoms with van der Waals surface area (Å²) in [5.41, 5.74) is 1.19. The standard InChI is InChI=1S/C18H27F3N4O.HI/c1-22-17(23-9-7-14-3-5-16(26-2)6-4-14)24-11-15-8-10-25(12-15)13-18(19,20)21;/h3-6,15H,7-13H2,1-2H3,(H2,22,23,24);1H. The van der Waals surface area contributed by atoms with Crippen LogP contribution >= 0.6 is 24.0 Å². The van der Waals surface area contributed by atoms with Gasteiger partial charge in [0.25, 0.3) is 0 Å². The Hall–Kier alpha value is -1.23. The Morgan fingerprint density at radius 2 is 1.96 bits per heavy atom. The predicted octanol–water partition coefficient (Wildman–Crippen LogP) is 2.90. The van der Waals surface area contributed by atoms with E-state index in [-0.39, 0.29) is 29.9 Å². The van der Waals surface area contributed by atoms with Crippen LogP contribution in [0, 0.1) is 5.92 Å². The molecular weight excluding hydrogens is 472 g/mol. The molecule has 1 saturated heterocycles. The van der Waals surface area contributed by atoms with Crippen molar-refractivity contribution in [1.29, 1.82) is 0 Å². The molecule has 9 heteroatoms. The largest absolute Gasteiger partial charge is 0.497 e. The summed E-state index contributed by atoms with van der Waals surface area (Å²) in [6, 6.07) is 7.89. The second-order valence-corrected chi connectivity index (χ2v) is 6.48. The Balaban J connectivity index is 0.00000364. The zero-order valence-electron chi connectivity index (χ0n) is 15.7. The maximum atomic E-state index is 12.4. The van der Waals surface area contributed by atoms with E-state index in [0.717, 1.165) is 25.1 Å². The second kappa shape index (κ2) is 11.6. The molecule has 1 atom stereocenters. The highest BCUT2D eigenvalue weighted by Crippen LogP contribution is 2.22. The monoisotopic (exact) mass is 500 g/mol. The van der Waals surface area contributed by atoms with Crippen molar-refractivity contribution in [1.82, 2.24) is 15.5 Å². The molecule has 1 aromatic rings. The van der Waals surface area contributed by atoms with Crippen LogP contribution in [0.3, 0.4) is 0 Å². The Morgan fingerprint density at radius 3 is 2.56 bits per heavy atom. The van der Waals surface area contributed by atoms with E-state index in [2.05, 4.69) is 15.6 Å². The molecule has 0 aromatic heterocycles. The van der Waals surface area contributed by atoms with Gasteiger partial charge in [-0.25, -0.2) is 0 Å². The molecule has 1 fully saturated rings. The summed E-state index contributed by atoms with van der Waals surface area (Å²) in [5.74, 6) is 1.71. The number of benzene rings is 1. The number of rotatable bonds is 7. The van der Waals surface area contributed by atoms with Crippen LogP contribution in [0.25, 0.3) is 0 Å². The van der Waals surface area contributed by atoms with Gasteiger partial charge in [-0.15, -0.1) is 24.0 Å². The van der Waals surface area contributed by atoms with Gasteiger partial charge in [0.1, 0.15) is 5.75 Å². The molecule has 0 amide bonds. The molecule has 5 nitrogen and oxygen atoms in total. The highest BCUT2D eigenvalue weighted by Gasteiger charge is 2.34. The van der Waals surface area contributed by atoms with Crippen molar-refractivity contribution in [3.8, 4) is 5.75 Å². The lowest BCUT2D eigenvalue weighted by Crippen LogP contribution is -2.41. The van der Waals surface area contributed by atoms with Crippen LogP contribution in [0.1, 0.15) is 12.0 Å². The summed E-state index contributed by atoms with van der Waals surface area (Å²) in [4.78, 5) is 5.63. The summed E-state index contributed by atoms with van der Waals surface area (Å²) in [7, 11) is 3.33. The molecule has 0 spiro atoms. The first-order valence-electron chi connectivity index (χ1n) is 8.76. The van der Waals surface area contributed by atoms with E-state index in [1.54, 1.807) is 14.2 Å².